The lowest BCUT2D eigenvalue weighted by atomic mass is 10.3. The summed E-state index contributed by atoms with van der Waals surface area (Å²) < 4.78 is 6.86. The molecule has 0 bridgehead atoms. The van der Waals surface area contributed by atoms with Crippen molar-refractivity contribution in [2.24, 2.45) is 12.8 Å². The van der Waals surface area contributed by atoms with E-state index >= 15 is 0 Å². The number of pyridine rings is 1. The highest BCUT2D eigenvalue weighted by Crippen LogP contribution is 2.15. The lowest BCUT2D eigenvalue weighted by molar-refractivity contribution is 0.422. The number of aromatic nitrogens is 4. The summed E-state index contributed by atoms with van der Waals surface area (Å²) in [5, 5.41) is 3.96. The zero-order chi connectivity index (χ0) is 11.5. The Morgan fingerprint density at radius 3 is 2.94 bits per heavy atom. The Kier molecular flexibility index (Phi) is 2.78. The SMILES string of the molecule is Cn1cnc(Oc2cc(C(N)=S)ccn2)n1. The number of aryl methyl sites for hydroxylation is 1. The molecule has 0 fully saturated rings. The van der Waals surface area contributed by atoms with Gasteiger partial charge in [-0.3, -0.25) is 4.68 Å². The first-order valence-electron chi connectivity index (χ1n) is 4.44. The van der Waals surface area contributed by atoms with Gasteiger partial charge >= 0.3 is 6.01 Å². The van der Waals surface area contributed by atoms with Gasteiger partial charge in [0, 0.05) is 24.9 Å². The average Bonchev–Trinajstić information content (AvgIpc) is 2.64. The Balaban J connectivity index is 2.21. The van der Waals surface area contributed by atoms with Crippen molar-refractivity contribution in [1.82, 2.24) is 19.7 Å². The molecule has 2 rings (SSSR count). The van der Waals surface area contributed by atoms with E-state index in [9.17, 15) is 0 Å². The Hall–Kier alpha value is -2.02. The molecule has 82 valence electrons. The molecular weight excluding hydrogens is 226 g/mol. The van der Waals surface area contributed by atoms with Crippen LogP contribution >= 0.6 is 12.2 Å². The zero-order valence-corrected chi connectivity index (χ0v) is 9.31. The van der Waals surface area contributed by atoms with Crippen LogP contribution in [0.15, 0.2) is 24.7 Å². The van der Waals surface area contributed by atoms with Crippen LogP contribution in [0.4, 0.5) is 0 Å². The third-order valence-corrected chi connectivity index (χ3v) is 2.03. The summed E-state index contributed by atoms with van der Waals surface area (Å²) in [6.45, 7) is 0. The van der Waals surface area contributed by atoms with Crippen LogP contribution < -0.4 is 10.5 Å². The van der Waals surface area contributed by atoms with Crippen LogP contribution in [-0.4, -0.2) is 24.7 Å². The van der Waals surface area contributed by atoms with Crippen LogP contribution in [0.2, 0.25) is 0 Å². The van der Waals surface area contributed by atoms with Crippen molar-refractivity contribution in [3.63, 3.8) is 0 Å². The van der Waals surface area contributed by atoms with E-state index in [-0.39, 0.29) is 6.01 Å². The molecule has 0 spiro atoms. The first kappa shape index (κ1) is 10.5. The van der Waals surface area contributed by atoms with Crippen LogP contribution in [0.3, 0.4) is 0 Å². The Morgan fingerprint density at radius 1 is 1.50 bits per heavy atom. The molecule has 0 unspecified atom stereocenters. The zero-order valence-electron chi connectivity index (χ0n) is 8.49. The number of ether oxygens (including phenoxy) is 1. The second-order valence-corrected chi connectivity index (χ2v) is 3.49. The lowest BCUT2D eigenvalue weighted by Crippen LogP contribution is -2.09. The van der Waals surface area contributed by atoms with Gasteiger partial charge in [0.2, 0.25) is 5.88 Å². The predicted molar refractivity (Wildman–Crippen MR) is 61.2 cm³/mol. The topological polar surface area (TPSA) is 78.9 Å². The first-order chi connectivity index (χ1) is 7.65. The molecule has 0 aliphatic heterocycles. The van der Waals surface area contributed by atoms with E-state index in [2.05, 4.69) is 15.1 Å². The van der Waals surface area contributed by atoms with Crippen LogP contribution in [0.5, 0.6) is 11.9 Å². The minimum absolute atomic E-state index is 0.232. The lowest BCUT2D eigenvalue weighted by Gasteiger charge is -2.01. The van der Waals surface area contributed by atoms with E-state index in [4.69, 9.17) is 22.7 Å². The van der Waals surface area contributed by atoms with Gasteiger partial charge in [-0.05, 0) is 6.07 Å². The smallest absolute Gasteiger partial charge is 0.342 e. The maximum Gasteiger partial charge on any atom is 0.342 e. The van der Waals surface area contributed by atoms with Crippen molar-refractivity contribution in [2.75, 3.05) is 0 Å². The fourth-order valence-corrected chi connectivity index (χ4v) is 1.21. The van der Waals surface area contributed by atoms with Gasteiger partial charge in [0.05, 0.1) is 0 Å². The van der Waals surface area contributed by atoms with Crippen molar-refractivity contribution in [1.29, 1.82) is 0 Å². The second-order valence-electron chi connectivity index (χ2n) is 3.05. The molecule has 0 saturated carbocycles. The summed E-state index contributed by atoms with van der Waals surface area (Å²) in [5.41, 5.74) is 6.18. The minimum atomic E-state index is 0.232. The standard InChI is InChI=1S/C9H9N5OS/c1-14-5-12-9(13-14)15-7-4-6(8(10)16)2-3-11-7/h2-5H,1H3,(H2,10,16). The summed E-state index contributed by atoms with van der Waals surface area (Å²) in [6, 6.07) is 3.58. The molecule has 0 aliphatic rings. The second kappa shape index (κ2) is 4.23. The molecular formula is C9H9N5OS. The molecule has 2 aromatic heterocycles. The van der Waals surface area contributed by atoms with Gasteiger partial charge in [0.15, 0.2) is 0 Å². The molecule has 0 aliphatic carbocycles. The van der Waals surface area contributed by atoms with Gasteiger partial charge in [0.1, 0.15) is 11.3 Å². The molecule has 6 nitrogen and oxygen atoms in total. The van der Waals surface area contributed by atoms with Gasteiger partial charge in [0.25, 0.3) is 0 Å². The highest BCUT2D eigenvalue weighted by molar-refractivity contribution is 7.80. The van der Waals surface area contributed by atoms with Crippen molar-refractivity contribution >= 4 is 17.2 Å². The van der Waals surface area contributed by atoms with Gasteiger partial charge in [-0.15, -0.1) is 5.10 Å². The summed E-state index contributed by atoms with van der Waals surface area (Å²) in [7, 11) is 1.75. The highest BCUT2D eigenvalue weighted by Gasteiger charge is 2.05. The number of hydrogen-bond acceptors (Lipinski definition) is 5. The van der Waals surface area contributed by atoms with E-state index in [1.807, 2.05) is 0 Å². The predicted octanol–water partition coefficient (Wildman–Crippen LogP) is 0.637. The van der Waals surface area contributed by atoms with Crippen LogP contribution in [0.1, 0.15) is 5.56 Å². The summed E-state index contributed by atoms with van der Waals surface area (Å²) in [6.07, 6.45) is 3.10. The van der Waals surface area contributed by atoms with Gasteiger partial charge in [-0.2, -0.15) is 4.98 Å². The van der Waals surface area contributed by atoms with E-state index < -0.39 is 0 Å². The molecule has 0 saturated heterocycles. The first-order valence-corrected chi connectivity index (χ1v) is 4.85. The number of hydrogen-bond donors (Lipinski definition) is 1. The molecule has 2 aromatic rings. The maximum absolute atomic E-state index is 5.49. The monoisotopic (exact) mass is 235 g/mol. The number of nitrogens with two attached hydrogens (primary N) is 1. The fraction of sp³-hybridized carbons (Fsp3) is 0.111. The highest BCUT2D eigenvalue weighted by atomic mass is 32.1. The van der Waals surface area contributed by atoms with E-state index in [1.165, 1.54) is 11.0 Å². The van der Waals surface area contributed by atoms with Crippen molar-refractivity contribution in [2.45, 2.75) is 0 Å². The molecule has 0 aromatic carbocycles. The van der Waals surface area contributed by atoms with E-state index in [0.717, 1.165) is 0 Å². The van der Waals surface area contributed by atoms with Gasteiger partial charge in [-0.1, -0.05) is 12.2 Å². The van der Waals surface area contributed by atoms with Crippen LogP contribution in [-0.2, 0) is 7.05 Å². The molecule has 7 heteroatoms. The molecule has 16 heavy (non-hydrogen) atoms. The summed E-state index contributed by atoms with van der Waals surface area (Å²) >= 11 is 4.85. The maximum atomic E-state index is 5.49. The molecule has 0 amide bonds. The Morgan fingerprint density at radius 2 is 2.31 bits per heavy atom. The molecule has 0 atom stereocenters. The van der Waals surface area contributed by atoms with E-state index in [1.54, 1.807) is 25.4 Å². The van der Waals surface area contributed by atoms with E-state index in [0.29, 0.717) is 16.4 Å². The number of nitrogens with zero attached hydrogens (tertiary/aromatic N) is 4. The largest absolute Gasteiger partial charge is 0.404 e. The van der Waals surface area contributed by atoms with Gasteiger partial charge < -0.3 is 10.5 Å². The normalized spacial score (nSPS) is 10.1. The van der Waals surface area contributed by atoms with Crippen molar-refractivity contribution < 1.29 is 4.74 Å². The fourth-order valence-electron chi connectivity index (χ4n) is 1.08. The molecule has 2 heterocycles. The number of thiocarbonyl (C=S) groups is 1. The quantitative estimate of drug-likeness (QED) is 0.786. The summed E-state index contributed by atoms with van der Waals surface area (Å²) in [4.78, 5) is 8.20. The van der Waals surface area contributed by atoms with Gasteiger partial charge in [-0.25, -0.2) is 4.98 Å². The Bertz CT molecular complexity index is 524. The minimum Gasteiger partial charge on any atom is -0.404 e. The average molecular weight is 235 g/mol. The number of rotatable bonds is 3. The molecule has 0 radical (unpaired) electrons. The Labute approximate surface area is 97.1 Å². The third-order valence-electron chi connectivity index (χ3n) is 1.79. The van der Waals surface area contributed by atoms with Crippen LogP contribution in [0, 0.1) is 0 Å². The third kappa shape index (κ3) is 2.31. The molecule has 2 N–H and O–H groups in total. The van der Waals surface area contributed by atoms with Crippen molar-refractivity contribution in [3.05, 3.63) is 30.2 Å². The van der Waals surface area contributed by atoms with Crippen LogP contribution in [0.25, 0.3) is 0 Å². The van der Waals surface area contributed by atoms with Crippen molar-refractivity contribution in [3.8, 4) is 11.9 Å². The summed E-state index contributed by atoms with van der Waals surface area (Å²) in [5.74, 6) is 0.358.